The third-order valence-electron chi connectivity index (χ3n) is 3.91. The highest BCUT2D eigenvalue weighted by atomic mass is 15.3. The van der Waals surface area contributed by atoms with Gasteiger partial charge in [0.1, 0.15) is 6.17 Å². The number of benzene rings is 2. The molecule has 1 atom stereocenters. The van der Waals surface area contributed by atoms with Gasteiger partial charge in [0.15, 0.2) is 0 Å². The SMILES string of the molecule is C=CC1=C(C=C)N(c2ccccc2)C(c2ccc(C)cc2)N1. The van der Waals surface area contributed by atoms with E-state index in [4.69, 9.17) is 0 Å². The van der Waals surface area contributed by atoms with Crippen molar-refractivity contribution in [1.29, 1.82) is 0 Å². The van der Waals surface area contributed by atoms with E-state index < -0.39 is 0 Å². The maximum Gasteiger partial charge on any atom is 0.130 e. The van der Waals surface area contributed by atoms with Gasteiger partial charge >= 0.3 is 0 Å². The van der Waals surface area contributed by atoms with Gasteiger partial charge in [0.05, 0.1) is 11.4 Å². The molecule has 1 unspecified atom stereocenters. The first-order valence-electron chi connectivity index (χ1n) is 7.41. The Morgan fingerprint density at radius 2 is 1.64 bits per heavy atom. The lowest BCUT2D eigenvalue weighted by atomic mass is 10.1. The van der Waals surface area contributed by atoms with Crippen LogP contribution in [0.4, 0.5) is 5.69 Å². The average molecular weight is 288 g/mol. The van der Waals surface area contributed by atoms with E-state index in [-0.39, 0.29) is 6.17 Å². The van der Waals surface area contributed by atoms with Gasteiger partial charge in [-0.15, -0.1) is 0 Å². The quantitative estimate of drug-likeness (QED) is 0.878. The first-order chi connectivity index (χ1) is 10.7. The van der Waals surface area contributed by atoms with Crippen LogP contribution in [0, 0.1) is 6.92 Å². The van der Waals surface area contributed by atoms with E-state index in [0.29, 0.717) is 0 Å². The van der Waals surface area contributed by atoms with Crippen molar-refractivity contribution >= 4 is 5.69 Å². The van der Waals surface area contributed by atoms with Gasteiger partial charge in [-0.25, -0.2) is 0 Å². The summed E-state index contributed by atoms with van der Waals surface area (Å²) in [6.45, 7) is 9.99. The Labute approximate surface area is 132 Å². The van der Waals surface area contributed by atoms with Gasteiger partial charge in [0, 0.05) is 5.69 Å². The summed E-state index contributed by atoms with van der Waals surface area (Å²) >= 11 is 0. The van der Waals surface area contributed by atoms with Crippen molar-refractivity contribution in [2.45, 2.75) is 13.1 Å². The van der Waals surface area contributed by atoms with Crippen molar-refractivity contribution in [2.75, 3.05) is 4.90 Å². The predicted octanol–water partition coefficient (Wildman–Crippen LogP) is 4.69. The number of para-hydroxylation sites is 1. The fraction of sp³-hybridized carbons (Fsp3) is 0.100. The van der Waals surface area contributed by atoms with E-state index in [9.17, 15) is 0 Å². The smallest absolute Gasteiger partial charge is 0.130 e. The molecule has 1 aliphatic heterocycles. The summed E-state index contributed by atoms with van der Waals surface area (Å²) < 4.78 is 0. The van der Waals surface area contributed by atoms with Crippen molar-refractivity contribution in [2.24, 2.45) is 0 Å². The highest BCUT2D eigenvalue weighted by molar-refractivity contribution is 5.61. The minimum absolute atomic E-state index is 0.0454. The van der Waals surface area contributed by atoms with Crippen molar-refractivity contribution in [3.8, 4) is 0 Å². The van der Waals surface area contributed by atoms with Crippen LogP contribution in [0.15, 0.2) is 91.3 Å². The zero-order valence-corrected chi connectivity index (χ0v) is 12.8. The molecule has 1 aliphatic rings. The standard InChI is InChI=1S/C20H20N2/c1-4-18-19(5-2)22(17-9-7-6-8-10-17)20(21-18)16-13-11-15(3)12-14-16/h4-14,20-21H,1-2H2,3H3. The topological polar surface area (TPSA) is 15.3 Å². The summed E-state index contributed by atoms with van der Waals surface area (Å²) in [5.74, 6) is 0. The Morgan fingerprint density at radius 3 is 2.23 bits per heavy atom. The molecule has 0 aliphatic carbocycles. The van der Waals surface area contributed by atoms with Gasteiger partial charge in [-0.3, -0.25) is 0 Å². The Bertz CT molecular complexity index is 711. The van der Waals surface area contributed by atoms with E-state index in [1.165, 1.54) is 11.1 Å². The monoisotopic (exact) mass is 288 g/mol. The molecule has 2 nitrogen and oxygen atoms in total. The van der Waals surface area contributed by atoms with Crippen LogP contribution < -0.4 is 10.2 Å². The average Bonchev–Trinajstić information content (AvgIpc) is 2.95. The summed E-state index contributed by atoms with van der Waals surface area (Å²) in [5.41, 5.74) is 5.66. The molecule has 0 saturated carbocycles. The molecular weight excluding hydrogens is 268 g/mol. The molecule has 0 fully saturated rings. The van der Waals surface area contributed by atoms with E-state index in [1.54, 1.807) is 0 Å². The largest absolute Gasteiger partial charge is 0.359 e. The predicted molar refractivity (Wildman–Crippen MR) is 93.4 cm³/mol. The molecule has 0 amide bonds. The Morgan fingerprint density at radius 1 is 0.955 bits per heavy atom. The maximum absolute atomic E-state index is 3.97. The number of allylic oxidation sites excluding steroid dienone is 2. The number of rotatable bonds is 4. The Kier molecular flexibility index (Phi) is 3.84. The van der Waals surface area contributed by atoms with Gasteiger partial charge in [-0.1, -0.05) is 61.2 Å². The fourth-order valence-electron chi connectivity index (χ4n) is 2.78. The summed E-state index contributed by atoms with van der Waals surface area (Å²) in [5, 5.41) is 3.54. The van der Waals surface area contributed by atoms with Crippen molar-refractivity contribution < 1.29 is 0 Å². The molecule has 3 rings (SSSR count). The molecule has 2 heteroatoms. The molecule has 0 radical (unpaired) electrons. The molecule has 0 saturated heterocycles. The minimum Gasteiger partial charge on any atom is -0.359 e. The molecule has 0 bridgehead atoms. The minimum atomic E-state index is 0.0454. The van der Waals surface area contributed by atoms with Gasteiger partial charge in [0.2, 0.25) is 0 Å². The molecule has 1 heterocycles. The van der Waals surface area contributed by atoms with Crippen LogP contribution in [-0.2, 0) is 0 Å². The van der Waals surface area contributed by atoms with E-state index in [0.717, 1.165) is 17.1 Å². The van der Waals surface area contributed by atoms with Crippen molar-refractivity contribution in [1.82, 2.24) is 5.32 Å². The highest BCUT2D eigenvalue weighted by Crippen LogP contribution is 2.36. The molecule has 0 spiro atoms. The first kappa shape index (κ1) is 14.2. The number of aryl methyl sites for hydroxylation is 1. The van der Waals surface area contributed by atoms with Crippen LogP contribution in [0.25, 0.3) is 0 Å². The molecule has 110 valence electrons. The molecular formula is C20H20N2. The highest BCUT2D eigenvalue weighted by Gasteiger charge is 2.30. The second kappa shape index (κ2) is 5.94. The van der Waals surface area contributed by atoms with Crippen molar-refractivity contribution in [3.63, 3.8) is 0 Å². The first-order valence-corrected chi connectivity index (χ1v) is 7.41. The fourth-order valence-corrected chi connectivity index (χ4v) is 2.78. The lowest BCUT2D eigenvalue weighted by Crippen LogP contribution is -2.28. The summed E-state index contributed by atoms with van der Waals surface area (Å²) in [7, 11) is 0. The molecule has 1 N–H and O–H groups in total. The van der Waals surface area contributed by atoms with E-state index in [2.05, 4.69) is 66.7 Å². The molecule has 22 heavy (non-hydrogen) atoms. The second-order valence-corrected chi connectivity index (χ2v) is 5.37. The van der Waals surface area contributed by atoms with Gasteiger partial charge in [-0.2, -0.15) is 0 Å². The number of hydrogen-bond acceptors (Lipinski definition) is 2. The lowest BCUT2D eigenvalue weighted by Gasteiger charge is -2.28. The van der Waals surface area contributed by atoms with Gasteiger partial charge < -0.3 is 10.2 Å². The van der Waals surface area contributed by atoms with Crippen LogP contribution in [0.2, 0.25) is 0 Å². The maximum atomic E-state index is 3.97. The third-order valence-corrected chi connectivity index (χ3v) is 3.91. The molecule has 2 aromatic carbocycles. The zero-order chi connectivity index (χ0) is 15.5. The lowest BCUT2D eigenvalue weighted by molar-refractivity contribution is 0.652. The number of anilines is 1. The van der Waals surface area contributed by atoms with E-state index in [1.807, 2.05) is 30.4 Å². The molecule has 0 aromatic heterocycles. The number of hydrogen-bond donors (Lipinski definition) is 1. The Hall–Kier alpha value is -2.74. The molecule has 2 aromatic rings. The van der Waals surface area contributed by atoms with E-state index >= 15 is 0 Å². The van der Waals surface area contributed by atoms with Crippen molar-refractivity contribution in [3.05, 3.63) is 102 Å². The van der Waals surface area contributed by atoms with Crippen LogP contribution in [0.5, 0.6) is 0 Å². The van der Waals surface area contributed by atoms with Crippen LogP contribution in [0.1, 0.15) is 17.3 Å². The third kappa shape index (κ3) is 2.44. The number of nitrogens with zero attached hydrogens (tertiary/aromatic N) is 1. The zero-order valence-electron chi connectivity index (χ0n) is 12.8. The van der Waals surface area contributed by atoms with Crippen LogP contribution in [0.3, 0.4) is 0 Å². The summed E-state index contributed by atoms with van der Waals surface area (Å²) in [6.07, 6.45) is 3.77. The van der Waals surface area contributed by atoms with Gasteiger partial charge in [-0.05, 0) is 36.8 Å². The van der Waals surface area contributed by atoms with Crippen LogP contribution in [-0.4, -0.2) is 0 Å². The Balaban J connectivity index is 2.08. The second-order valence-electron chi connectivity index (χ2n) is 5.37. The summed E-state index contributed by atoms with van der Waals surface area (Å²) in [6, 6.07) is 18.9. The summed E-state index contributed by atoms with van der Waals surface area (Å²) in [4.78, 5) is 2.26. The number of nitrogens with one attached hydrogen (secondary N) is 1. The van der Waals surface area contributed by atoms with Crippen LogP contribution >= 0.6 is 0 Å². The van der Waals surface area contributed by atoms with Gasteiger partial charge in [0.25, 0.3) is 0 Å². The normalized spacial score (nSPS) is 17.3.